The van der Waals surface area contributed by atoms with Crippen LogP contribution in [-0.2, 0) is 17.6 Å². The van der Waals surface area contributed by atoms with Crippen molar-refractivity contribution in [3.8, 4) is 11.5 Å². The summed E-state index contributed by atoms with van der Waals surface area (Å²) in [6, 6.07) is 9.52. The number of nitrogens with two attached hydrogens (primary N) is 1. The van der Waals surface area contributed by atoms with E-state index in [9.17, 15) is 18.0 Å². The van der Waals surface area contributed by atoms with Gasteiger partial charge in [-0.2, -0.15) is 13.2 Å². The molecule has 0 saturated heterocycles. The van der Waals surface area contributed by atoms with Crippen molar-refractivity contribution in [3.05, 3.63) is 53.1 Å². The number of ether oxygens (including phenoxy) is 2. The minimum atomic E-state index is -4.94. The van der Waals surface area contributed by atoms with Crippen LogP contribution < -0.4 is 15.2 Å². The first kappa shape index (κ1) is 19.9. The molecule has 1 aliphatic rings. The number of hydrogen-bond acceptors (Lipinski definition) is 4. The zero-order valence-electron chi connectivity index (χ0n) is 15.5. The van der Waals surface area contributed by atoms with Gasteiger partial charge in [0.15, 0.2) is 11.5 Å². The zero-order chi connectivity index (χ0) is 20.5. The topological polar surface area (TPSA) is 64.8 Å². The zero-order valence-corrected chi connectivity index (χ0v) is 15.5. The largest absolute Gasteiger partial charge is 0.493 e. The average Bonchev–Trinajstić information content (AvgIpc) is 2.67. The summed E-state index contributed by atoms with van der Waals surface area (Å²) in [7, 11) is 2.96. The molecule has 0 aromatic heterocycles. The Morgan fingerprint density at radius 3 is 2.32 bits per heavy atom. The molecule has 150 valence electrons. The van der Waals surface area contributed by atoms with Crippen LogP contribution in [0.3, 0.4) is 0 Å². The van der Waals surface area contributed by atoms with Gasteiger partial charge in [0, 0.05) is 12.2 Å². The average molecular weight is 394 g/mol. The third-order valence-corrected chi connectivity index (χ3v) is 4.91. The molecule has 1 unspecified atom stereocenters. The monoisotopic (exact) mass is 394 g/mol. The van der Waals surface area contributed by atoms with E-state index in [2.05, 4.69) is 0 Å². The third-order valence-electron chi connectivity index (χ3n) is 4.91. The molecule has 2 N–H and O–H groups in total. The first-order chi connectivity index (χ1) is 13.2. The molecule has 5 nitrogen and oxygen atoms in total. The number of halogens is 3. The lowest BCUT2D eigenvalue weighted by Crippen LogP contribution is -2.47. The minimum Gasteiger partial charge on any atom is -0.493 e. The fraction of sp³-hybridized carbons (Fsp3) is 0.350. The normalized spacial score (nSPS) is 16.5. The van der Waals surface area contributed by atoms with E-state index >= 15 is 0 Å². The van der Waals surface area contributed by atoms with Gasteiger partial charge in [-0.25, -0.2) is 0 Å². The number of carbonyl (C=O) groups is 1. The molecule has 2 aromatic carbocycles. The van der Waals surface area contributed by atoms with Gasteiger partial charge >= 0.3 is 12.1 Å². The van der Waals surface area contributed by atoms with E-state index in [4.69, 9.17) is 15.2 Å². The number of hydrogen-bond donors (Lipinski definition) is 1. The highest BCUT2D eigenvalue weighted by molar-refractivity contribution is 5.82. The van der Waals surface area contributed by atoms with E-state index in [0.717, 1.165) is 16.0 Å². The fourth-order valence-electron chi connectivity index (χ4n) is 3.53. The van der Waals surface area contributed by atoms with E-state index in [1.807, 2.05) is 0 Å². The van der Waals surface area contributed by atoms with Crippen molar-refractivity contribution < 1.29 is 27.4 Å². The van der Waals surface area contributed by atoms with Crippen LogP contribution in [0.5, 0.6) is 11.5 Å². The van der Waals surface area contributed by atoms with Crippen molar-refractivity contribution in [2.24, 2.45) is 0 Å². The molecule has 0 radical (unpaired) electrons. The molecule has 0 bridgehead atoms. The number of carbonyl (C=O) groups excluding carboxylic acids is 1. The Morgan fingerprint density at radius 2 is 1.75 bits per heavy atom. The van der Waals surface area contributed by atoms with Crippen molar-refractivity contribution in [2.75, 3.05) is 26.5 Å². The van der Waals surface area contributed by atoms with Gasteiger partial charge in [0.2, 0.25) is 0 Å². The molecule has 3 rings (SSSR count). The SMILES string of the molecule is COc1cc2c(cc1OC)C(Cc1ccc(N)cc1)N(C(=O)C(F)(F)F)CC2. The molecular formula is C20H21F3N2O3. The lowest BCUT2D eigenvalue weighted by atomic mass is 9.88. The van der Waals surface area contributed by atoms with Gasteiger partial charge < -0.3 is 20.1 Å². The summed E-state index contributed by atoms with van der Waals surface area (Å²) in [5.41, 5.74) is 8.49. The Labute approximate surface area is 160 Å². The Hall–Kier alpha value is -2.90. The number of rotatable bonds is 4. The maximum absolute atomic E-state index is 13.2. The first-order valence-electron chi connectivity index (χ1n) is 8.71. The number of methoxy groups -OCH3 is 2. The maximum atomic E-state index is 13.2. The summed E-state index contributed by atoms with van der Waals surface area (Å²) in [6.45, 7) is -0.0273. The molecule has 1 amide bonds. The number of nitrogen functional groups attached to an aromatic ring is 1. The highest BCUT2D eigenvalue weighted by Gasteiger charge is 2.46. The van der Waals surface area contributed by atoms with E-state index in [-0.39, 0.29) is 13.0 Å². The van der Waals surface area contributed by atoms with Crippen LogP contribution in [0.4, 0.5) is 18.9 Å². The van der Waals surface area contributed by atoms with Crippen molar-refractivity contribution in [2.45, 2.75) is 25.1 Å². The lowest BCUT2D eigenvalue weighted by molar-refractivity contribution is -0.188. The standard InChI is InChI=1S/C20H21F3N2O3/c1-27-17-10-13-7-8-25(19(26)20(21,22)23)16(15(13)11-18(17)28-2)9-12-3-5-14(24)6-4-12/h3-6,10-11,16H,7-9,24H2,1-2H3. The van der Waals surface area contributed by atoms with Gasteiger partial charge in [0.25, 0.3) is 0 Å². The molecule has 0 saturated carbocycles. The van der Waals surface area contributed by atoms with Crippen molar-refractivity contribution in [1.82, 2.24) is 4.90 Å². The Balaban J connectivity index is 2.07. The predicted molar refractivity (Wildman–Crippen MR) is 98.3 cm³/mol. The van der Waals surface area contributed by atoms with Crippen LogP contribution >= 0.6 is 0 Å². The summed E-state index contributed by atoms with van der Waals surface area (Å²) >= 11 is 0. The summed E-state index contributed by atoms with van der Waals surface area (Å²) in [5, 5.41) is 0. The summed E-state index contributed by atoms with van der Waals surface area (Å²) < 4.78 is 50.2. The number of anilines is 1. The molecule has 8 heteroatoms. The van der Waals surface area contributed by atoms with Crippen LogP contribution in [-0.4, -0.2) is 37.7 Å². The highest BCUT2D eigenvalue weighted by Crippen LogP contribution is 2.40. The lowest BCUT2D eigenvalue weighted by Gasteiger charge is -2.38. The molecule has 0 spiro atoms. The molecule has 0 aliphatic carbocycles. The number of benzene rings is 2. The summed E-state index contributed by atoms with van der Waals surface area (Å²) in [6.07, 6.45) is -4.41. The maximum Gasteiger partial charge on any atom is 0.471 e. The Kier molecular flexibility index (Phi) is 5.40. The minimum absolute atomic E-state index is 0.0273. The van der Waals surface area contributed by atoms with Crippen molar-refractivity contribution in [3.63, 3.8) is 0 Å². The fourth-order valence-corrected chi connectivity index (χ4v) is 3.53. The van der Waals surface area contributed by atoms with E-state index in [1.165, 1.54) is 14.2 Å². The second-order valence-electron chi connectivity index (χ2n) is 6.61. The van der Waals surface area contributed by atoms with Crippen LogP contribution in [0.2, 0.25) is 0 Å². The Morgan fingerprint density at radius 1 is 1.14 bits per heavy atom. The molecule has 1 atom stereocenters. The number of alkyl halides is 3. The molecule has 0 fully saturated rings. The quantitative estimate of drug-likeness (QED) is 0.806. The highest BCUT2D eigenvalue weighted by atomic mass is 19.4. The van der Waals surface area contributed by atoms with Crippen LogP contribution in [0, 0.1) is 0 Å². The van der Waals surface area contributed by atoms with E-state index in [0.29, 0.717) is 29.2 Å². The number of fused-ring (bicyclic) bond motifs is 1. The van der Waals surface area contributed by atoms with Crippen molar-refractivity contribution in [1.29, 1.82) is 0 Å². The van der Waals surface area contributed by atoms with E-state index < -0.39 is 18.1 Å². The molecule has 1 aliphatic heterocycles. The van der Waals surface area contributed by atoms with Crippen LogP contribution in [0.15, 0.2) is 36.4 Å². The van der Waals surface area contributed by atoms with Gasteiger partial charge in [-0.3, -0.25) is 4.79 Å². The Bertz CT molecular complexity index is 866. The predicted octanol–water partition coefficient (Wildman–Crippen LogP) is 3.52. The molecule has 1 heterocycles. The third kappa shape index (κ3) is 3.85. The first-order valence-corrected chi connectivity index (χ1v) is 8.71. The van der Waals surface area contributed by atoms with Gasteiger partial charge in [-0.05, 0) is 53.8 Å². The second kappa shape index (κ2) is 7.61. The molecular weight excluding hydrogens is 373 g/mol. The van der Waals surface area contributed by atoms with Crippen molar-refractivity contribution >= 4 is 11.6 Å². The number of amides is 1. The van der Waals surface area contributed by atoms with Gasteiger partial charge in [0.1, 0.15) is 0 Å². The smallest absolute Gasteiger partial charge is 0.471 e. The summed E-state index contributed by atoms with van der Waals surface area (Å²) in [5.74, 6) is -0.929. The second-order valence-corrected chi connectivity index (χ2v) is 6.61. The van der Waals surface area contributed by atoms with E-state index in [1.54, 1.807) is 36.4 Å². The summed E-state index contributed by atoms with van der Waals surface area (Å²) in [4.78, 5) is 13.0. The van der Waals surface area contributed by atoms with Gasteiger partial charge in [0.05, 0.1) is 20.3 Å². The van der Waals surface area contributed by atoms with Crippen LogP contribution in [0.25, 0.3) is 0 Å². The van der Waals surface area contributed by atoms with Gasteiger partial charge in [-0.1, -0.05) is 12.1 Å². The molecule has 28 heavy (non-hydrogen) atoms. The van der Waals surface area contributed by atoms with Gasteiger partial charge in [-0.15, -0.1) is 0 Å². The molecule has 2 aromatic rings. The van der Waals surface area contributed by atoms with Crippen LogP contribution in [0.1, 0.15) is 22.7 Å². The number of nitrogens with zero attached hydrogens (tertiary/aromatic N) is 1.